The molecule has 4 rings (SSSR count). The lowest BCUT2D eigenvalue weighted by molar-refractivity contribution is -0.137. The van der Waals surface area contributed by atoms with E-state index in [2.05, 4.69) is 37.9 Å². The number of carboxylic acid groups (broad SMARTS) is 1. The van der Waals surface area contributed by atoms with Crippen molar-refractivity contribution in [3.05, 3.63) is 82.9 Å². The van der Waals surface area contributed by atoms with E-state index in [1.807, 2.05) is 24.3 Å². The summed E-state index contributed by atoms with van der Waals surface area (Å²) in [6, 6.07) is 13.8. The van der Waals surface area contributed by atoms with Gasteiger partial charge in [0.1, 0.15) is 18.2 Å². The third kappa shape index (κ3) is 7.37. The van der Waals surface area contributed by atoms with Gasteiger partial charge in [-0.25, -0.2) is 4.39 Å². The van der Waals surface area contributed by atoms with Crippen LogP contribution in [-0.4, -0.2) is 28.3 Å². The molecule has 1 aromatic heterocycles. The second kappa shape index (κ2) is 12.1. The Bertz CT molecular complexity index is 1190. The van der Waals surface area contributed by atoms with Crippen LogP contribution >= 0.6 is 0 Å². The summed E-state index contributed by atoms with van der Waals surface area (Å²) in [6.07, 6.45) is 6.81. The molecule has 5 nitrogen and oxygen atoms in total. The van der Waals surface area contributed by atoms with Gasteiger partial charge in [0, 0.05) is 18.9 Å². The quantitative estimate of drug-likeness (QED) is 0.390. The zero-order valence-electron chi connectivity index (χ0n) is 21.6. The molecular weight excluding hydrogens is 457 g/mol. The van der Waals surface area contributed by atoms with Gasteiger partial charge in [0.15, 0.2) is 0 Å². The molecule has 1 unspecified atom stereocenters. The van der Waals surface area contributed by atoms with Crippen LogP contribution in [0.25, 0.3) is 11.1 Å². The van der Waals surface area contributed by atoms with Gasteiger partial charge in [-0.15, -0.1) is 0 Å². The molecule has 2 N–H and O–H groups in total. The molecule has 6 heteroatoms. The van der Waals surface area contributed by atoms with Crippen LogP contribution < -0.4 is 4.74 Å². The summed E-state index contributed by atoms with van der Waals surface area (Å²) in [4.78, 5) is 15.3. The van der Waals surface area contributed by atoms with E-state index in [9.17, 15) is 14.3 Å². The van der Waals surface area contributed by atoms with Crippen LogP contribution in [0.4, 0.5) is 4.39 Å². The maximum absolute atomic E-state index is 13.8. The molecule has 0 spiro atoms. The number of aliphatic carboxylic acids is 1. The fourth-order valence-corrected chi connectivity index (χ4v) is 4.85. The number of rotatable bonds is 7. The fraction of sp³-hybridized carbons (Fsp3) is 0.400. The largest absolute Gasteiger partial charge is 0.489 e. The first-order chi connectivity index (χ1) is 17.2. The Morgan fingerprint density at radius 2 is 1.89 bits per heavy atom. The minimum absolute atomic E-state index is 0.0438. The minimum Gasteiger partial charge on any atom is -0.489 e. The van der Waals surface area contributed by atoms with Crippen molar-refractivity contribution in [2.75, 3.05) is 7.11 Å². The molecule has 3 aromatic rings. The van der Waals surface area contributed by atoms with Crippen LogP contribution in [0.1, 0.15) is 68.2 Å². The lowest BCUT2D eigenvalue weighted by Gasteiger charge is -2.25. The number of carboxylic acids is 1. The van der Waals surface area contributed by atoms with Gasteiger partial charge in [-0.3, -0.25) is 9.78 Å². The number of nitrogens with zero attached hydrogens (tertiary/aromatic N) is 1. The second-order valence-corrected chi connectivity index (χ2v) is 10.5. The molecule has 0 amide bonds. The third-order valence-corrected chi connectivity index (χ3v) is 6.29. The highest BCUT2D eigenvalue weighted by atomic mass is 19.1. The highest BCUT2D eigenvalue weighted by Crippen LogP contribution is 2.36. The highest BCUT2D eigenvalue weighted by molar-refractivity contribution is 5.68. The lowest BCUT2D eigenvalue weighted by atomic mass is 9.81. The van der Waals surface area contributed by atoms with Gasteiger partial charge in [0.25, 0.3) is 0 Å². The summed E-state index contributed by atoms with van der Waals surface area (Å²) in [6.45, 7) is 6.96. The van der Waals surface area contributed by atoms with Gasteiger partial charge < -0.3 is 14.9 Å². The van der Waals surface area contributed by atoms with Crippen LogP contribution in [0.5, 0.6) is 5.75 Å². The topological polar surface area (TPSA) is 79.7 Å². The average molecular weight is 494 g/mol. The normalized spacial score (nSPS) is 14.9. The van der Waals surface area contributed by atoms with Gasteiger partial charge in [-0.1, -0.05) is 45.0 Å². The molecule has 0 bridgehead atoms. The van der Waals surface area contributed by atoms with E-state index in [1.54, 1.807) is 6.20 Å². The first-order valence-electron chi connectivity index (χ1n) is 12.3. The van der Waals surface area contributed by atoms with E-state index >= 15 is 0 Å². The molecule has 1 atom stereocenters. The van der Waals surface area contributed by atoms with Crippen molar-refractivity contribution in [1.29, 1.82) is 0 Å². The second-order valence-electron chi connectivity index (χ2n) is 10.5. The number of ether oxygens (including phenoxy) is 1. The number of hydrogen-bond acceptors (Lipinski definition) is 4. The number of aryl methyl sites for hydroxylation is 1. The number of aliphatic hydroxyl groups excluding tert-OH is 1. The van der Waals surface area contributed by atoms with E-state index in [0.29, 0.717) is 6.61 Å². The monoisotopic (exact) mass is 493 g/mol. The first-order valence-corrected chi connectivity index (χ1v) is 12.3. The van der Waals surface area contributed by atoms with Crippen molar-refractivity contribution in [2.24, 2.45) is 5.41 Å². The third-order valence-electron chi connectivity index (χ3n) is 6.29. The SMILES string of the molecule is CC(C)(C)Cc1cc(COc2ccc3c(c2)C(CC(=O)O)CCC3)ccc1-c1cncc(F)c1.CO. The Hall–Kier alpha value is -3.25. The number of aromatic nitrogens is 1. The van der Waals surface area contributed by atoms with Crippen molar-refractivity contribution in [1.82, 2.24) is 4.98 Å². The lowest BCUT2D eigenvalue weighted by Crippen LogP contribution is -2.14. The van der Waals surface area contributed by atoms with Crippen molar-refractivity contribution in [3.63, 3.8) is 0 Å². The summed E-state index contributed by atoms with van der Waals surface area (Å²) in [7, 11) is 1.00. The highest BCUT2D eigenvalue weighted by Gasteiger charge is 2.23. The van der Waals surface area contributed by atoms with E-state index in [4.69, 9.17) is 9.84 Å². The Labute approximate surface area is 213 Å². The van der Waals surface area contributed by atoms with E-state index in [0.717, 1.165) is 66.4 Å². The molecule has 0 fully saturated rings. The maximum Gasteiger partial charge on any atom is 0.303 e. The van der Waals surface area contributed by atoms with Gasteiger partial charge in [-0.2, -0.15) is 0 Å². The Morgan fingerprint density at radius 3 is 2.58 bits per heavy atom. The fourth-order valence-electron chi connectivity index (χ4n) is 4.85. The van der Waals surface area contributed by atoms with Crippen molar-refractivity contribution in [3.8, 4) is 16.9 Å². The van der Waals surface area contributed by atoms with Crippen LogP contribution in [0.15, 0.2) is 54.9 Å². The summed E-state index contributed by atoms with van der Waals surface area (Å²) >= 11 is 0. The first kappa shape index (κ1) is 27.3. The summed E-state index contributed by atoms with van der Waals surface area (Å²) in [5, 5.41) is 16.3. The van der Waals surface area contributed by atoms with Crippen LogP contribution in [0, 0.1) is 11.2 Å². The smallest absolute Gasteiger partial charge is 0.303 e. The molecular formula is C30H36FNO4. The zero-order chi connectivity index (χ0) is 26.3. The molecule has 1 heterocycles. The van der Waals surface area contributed by atoms with Crippen molar-refractivity contribution >= 4 is 5.97 Å². The van der Waals surface area contributed by atoms with E-state index < -0.39 is 5.97 Å². The van der Waals surface area contributed by atoms with Gasteiger partial charge >= 0.3 is 5.97 Å². The number of halogens is 1. The predicted molar refractivity (Wildman–Crippen MR) is 140 cm³/mol. The number of pyridine rings is 1. The molecule has 1 aliphatic carbocycles. The standard InChI is InChI=1S/C29H32FNO3.CH4O/c1-29(2,3)15-22-11-19(7-10-26(22)23-12-24(30)17-31-16-23)18-34-25-9-8-20-5-4-6-21(13-28(32)33)27(20)14-25;1-2/h7-12,14,16-17,21H,4-6,13,15,18H2,1-3H3,(H,32,33);2H,1H3. The number of carbonyl (C=O) groups is 1. The van der Waals surface area contributed by atoms with Crippen LogP contribution in [0.2, 0.25) is 0 Å². The summed E-state index contributed by atoms with van der Waals surface area (Å²) in [5.74, 6) is -0.307. The maximum atomic E-state index is 13.8. The van der Waals surface area contributed by atoms with E-state index in [1.165, 1.54) is 17.8 Å². The Kier molecular flexibility index (Phi) is 9.21. The van der Waals surface area contributed by atoms with Crippen molar-refractivity contribution < 1.29 is 24.1 Å². The van der Waals surface area contributed by atoms with Gasteiger partial charge in [-0.05, 0) is 83.0 Å². The van der Waals surface area contributed by atoms with Crippen LogP contribution in [0.3, 0.4) is 0 Å². The summed E-state index contributed by atoms with van der Waals surface area (Å²) < 4.78 is 20.0. The number of fused-ring (bicyclic) bond motifs is 1. The number of benzene rings is 2. The molecule has 2 aromatic carbocycles. The Morgan fingerprint density at radius 1 is 1.11 bits per heavy atom. The molecule has 0 aliphatic heterocycles. The van der Waals surface area contributed by atoms with Gasteiger partial charge in [0.2, 0.25) is 0 Å². The molecule has 0 radical (unpaired) electrons. The average Bonchev–Trinajstić information content (AvgIpc) is 2.83. The van der Waals surface area contributed by atoms with Crippen LogP contribution in [-0.2, 0) is 24.2 Å². The zero-order valence-corrected chi connectivity index (χ0v) is 21.6. The van der Waals surface area contributed by atoms with Crippen molar-refractivity contribution in [2.45, 2.75) is 65.4 Å². The molecule has 192 valence electrons. The molecule has 1 aliphatic rings. The number of hydrogen-bond donors (Lipinski definition) is 2. The van der Waals surface area contributed by atoms with E-state index in [-0.39, 0.29) is 23.6 Å². The van der Waals surface area contributed by atoms with Gasteiger partial charge in [0.05, 0.1) is 12.6 Å². The predicted octanol–water partition coefficient (Wildman–Crippen LogP) is 6.56. The molecule has 0 saturated carbocycles. The molecule has 36 heavy (non-hydrogen) atoms. The summed E-state index contributed by atoms with van der Waals surface area (Å²) in [5.41, 5.74) is 6.31. The number of aliphatic hydroxyl groups is 1. The minimum atomic E-state index is -0.760. The Balaban J connectivity index is 0.00000176. The molecule has 0 saturated heterocycles.